The van der Waals surface area contributed by atoms with Crippen LogP contribution in [0.25, 0.3) is 22.3 Å². The predicted molar refractivity (Wildman–Crippen MR) is 96.6 cm³/mol. The molecular formula is C19H16ClNO3. The summed E-state index contributed by atoms with van der Waals surface area (Å²) < 4.78 is 5.84. The molecule has 0 fully saturated rings. The maximum absolute atomic E-state index is 12.4. The van der Waals surface area contributed by atoms with Gasteiger partial charge in [-0.1, -0.05) is 29.8 Å². The fourth-order valence-corrected chi connectivity index (χ4v) is 2.39. The summed E-state index contributed by atoms with van der Waals surface area (Å²) in [6.07, 6.45) is 0. The smallest absolute Gasteiger partial charge is 0.242 e. The standard InChI is InChI=1S/C19H16ClNO3/c1-11-3-5-13(6-4-11)18-10-16(22)15-9-14(7-8-17(15)24-18)21-19(23)12(2)20/h3-10,12H,1-2H3,(H,21,23). The molecule has 3 aromatic rings. The van der Waals surface area contributed by atoms with Crippen LogP contribution in [-0.2, 0) is 4.79 Å². The van der Waals surface area contributed by atoms with E-state index < -0.39 is 5.38 Å². The van der Waals surface area contributed by atoms with E-state index in [9.17, 15) is 9.59 Å². The van der Waals surface area contributed by atoms with Gasteiger partial charge < -0.3 is 9.73 Å². The van der Waals surface area contributed by atoms with E-state index in [2.05, 4.69) is 5.32 Å². The Morgan fingerprint density at radius 1 is 1.12 bits per heavy atom. The van der Waals surface area contributed by atoms with Gasteiger partial charge in [-0.15, -0.1) is 11.6 Å². The van der Waals surface area contributed by atoms with Gasteiger partial charge in [-0.3, -0.25) is 9.59 Å². The molecule has 0 radical (unpaired) electrons. The molecule has 0 spiro atoms. The van der Waals surface area contributed by atoms with Crippen molar-refractivity contribution in [3.63, 3.8) is 0 Å². The molecule has 3 rings (SSSR count). The van der Waals surface area contributed by atoms with E-state index in [1.165, 1.54) is 6.07 Å². The number of aryl methyl sites for hydroxylation is 1. The molecule has 1 unspecified atom stereocenters. The number of hydrogen-bond donors (Lipinski definition) is 1. The van der Waals surface area contributed by atoms with E-state index in [0.29, 0.717) is 22.4 Å². The first-order valence-electron chi connectivity index (χ1n) is 7.54. The first-order valence-corrected chi connectivity index (χ1v) is 7.97. The maximum Gasteiger partial charge on any atom is 0.242 e. The van der Waals surface area contributed by atoms with Gasteiger partial charge in [-0.05, 0) is 32.0 Å². The molecule has 122 valence electrons. The summed E-state index contributed by atoms with van der Waals surface area (Å²) in [5.41, 5.74) is 2.79. The highest BCUT2D eigenvalue weighted by Crippen LogP contribution is 2.24. The van der Waals surface area contributed by atoms with Crippen molar-refractivity contribution in [3.8, 4) is 11.3 Å². The van der Waals surface area contributed by atoms with Crippen LogP contribution in [-0.4, -0.2) is 11.3 Å². The third-order valence-electron chi connectivity index (χ3n) is 3.69. The number of halogens is 1. The van der Waals surface area contributed by atoms with E-state index in [-0.39, 0.29) is 11.3 Å². The lowest BCUT2D eigenvalue weighted by molar-refractivity contribution is -0.115. The van der Waals surface area contributed by atoms with Crippen molar-refractivity contribution < 1.29 is 9.21 Å². The van der Waals surface area contributed by atoms with Gasteiger partial charge in [0.15, 0.2) is 5.43 Å². The number of amides is 1. The van der Waals surface area contributed by atoms with Crippen LogP contribution in [0, 0.1) is 6.92 Å². The highest BCUT2D eigenvalue weighted by molar-refractivity contribution is 6.32. The van der Waals surface area contributed by atoms with Gasteiger partial charge in [-0.25, -0.2) is 0 Å². The minimum atomic E-state index is -0.652. The quantitative estimate of drug-likeness (QED) is 0.721. The minimum Gasteiger partial charge on any atom is -0.456 e. The number of benzene rings is 2. The zero-order chi connectivity index (χ0) is 17.3. The summed E-state index contributed by atoms with van der Waals surface area (Å²) in [7, 11) is 0. The molecule has 5 heteroatoms. The van der Waals surface area contributed by atoms with Gasteiger partial charge in [0, 0.05) is 17.3 Å². The van der Waals surface area contributed by atoms with Crippen LogP contribution >= 0.6 is 11.6 Å². The average Bonchev–Trinajstić information content (AvgIpc) is 2.55. The Bertz CT molecular complexity index is 959. The molecule has 1 aromatic heterocycles. The molecule has 0 aliphatic carbocycles. The monoisotopic (exact) mass is 341 g/mol. The Balaban J connectivity index is 2.02. The van der Waals surface area contributed by atoms with Gasteiger partial charge in [0.05, 0.1) is 5.39 Å². The Labute approximate surface area is 144 Å². The lowest BCUT2D eigenvalue weighted by Crippen LogP contribution is -2.20. The van der Waals surface area contributed by atoms with Gasteiger partial charge >= 0.3 is 0 Å². The summed E-state index contributed by atoms with van der Waals surface area (Å²) in [5, 5.41) is 2.42. The second-order valence-corrected chi connectivity index (χ2v) is 6.31. The Kier molecular flexibility index (Phi) is 4.40. The number of anilines is 1. The fraction of sp³-hybridized carbons (Fsp3) is 0.158. The number of alkyl halides is 1. The van der Waals surface area contributed by atoms with Crippen molar-refractivity contribution in [2.75, 3.05) is 5.32 Å². The molecule has 0 saturated heterocycles. The van der Waals surface area contributed by atoms with Gasteiger partial charge in [0.25, 0.3) is 0 Å². The molecule has 4 nitrogen and oxygen atoms in total. The van der Waals surface area contributed by atoms with Crippen LogP contribution in [0.4, 0.5) is 5.69 Å². The SMILES string of the molecule is Cc1ccc(-c2cc(=O)c3cc(NC(=O)C(C)Cl)ccc3o2)cc1. The predicted octanol–water partition coefficient (Wildman–Crippen LogP) is 4.33. The highest BCUT2D eigenvalue weighted by atomic mass is 35.5. The van der Waals surface area contributed by atoms with Crippen molar-refractivity contribution in [1.82, 2.24) is 0 Å². The van der Waals surface area contributed by atoms with Crippen molar-refractivity contribution in [3.05, 3.63) is 64.3 Å². The van der Waals surface area contributed by atoms with Crippen molar-refractivity contribution in [2.45, 2.75) is 19.2 Å². The minimum absolute atomic E-state index is 0.165. The first kappa shape index (κ1) is 16.3. The van der Waals surface area contributed by atoms with E-state index in [1.807, 2.05) is 31.2 Å². The van der Waals surface area contributed by atoms with Crippen molar-refractivity contribution >= 4 is 34.2 Å². The van der Waals surface area contributed by atoms with Crippen LogP contribution in [0.3, 0.4) is 0 Å². The lowest BCUT2D eigenvalue weighted by atomic mass is 10.1. The topological polar surface area (TPSA) is 59.3 Å². The Morgan fingerprint density at radius 2 is 1.83 bits per heavy atom. The molecular weight excluding hydrogens is 326 g/mol. The number of nitrogens with one attached hydrogen (secondary N) is 1. The molecule has 1 N–H and O–H groups in total. The number of carbonyl (C=O) groups excluding carboxylic acids is 1. The maximum atomic E-state index is 12.4. The van der Waals surface area contributed by atoms with Crippen molar-refractivity contribution in [2.24, 2.45) is 0 Å². The summed E-state index contributed by atoms with van der Waals surface area (Å²) >= 11 is 5.74. The molecule has 0 saturated carbocycles. The van der Waals surface area contributed by atoms with E-state index >= 15 is 0 Å². The Morgan fingerprint density at radius 3 is 2.50 bits per heavy atom. The first-order chi connectivity index (χ1) is 11.4. The van der Waals surface area contributed by atoms with Gasteiger partial charge in [0.1, 0.15) is 16.7 Å². The normalized spacial score (nSPS) is 12.1. The van der Waals surface area contributed by atoms with Crippen LogP contribution in [0.2, 0.25) is 0 Å². The molecule has 1 amide bonds. The van der Waals surface area contributed by atoms with Crippen LogP contribution in [0.15, 0.2) is 57.7 Å². The Hall–Kier alpha value is -2.59. The number of carbonyl (C=O) groups is 1. The van der Waals surface area contributed by atoms with Gasteiger partial charge in [-0.2, -0.15) is 0 Å². The van der Waals surface area contributed by atoms with E-state index in [1.54, 1.807) is 25.1 Å². The number of rotatable bonds is 3. The summed E-state index contributed by atoms with van der Waals surface area (Å²) in [6.45, 7) is 3.58. The summed E-state index contributed by atoms with van der Waals surface area (Å²) in [4.78, 5) is 24.1. The zero-order valence-electron chi connectivity index (χ0n) is 13.3. The van der Waals surface area contributed by atoms with Crippen molar-refractivity contribution in [1.29, 1.82) is 0 Å². The lowest BCUT2D eigenvalue weighted by Gasteiger charge is -2.08. The largest absolute Gasteiger partial charge is 0.456 e. The zero-order valence-corrected chi connectivity index (χ0v) is 14.1. The molecule has 1 atom stereocenters. The van der Waals surface area contributed by atoms with E-state index in [4.69, 9.17) is 16.0 Å². The average molecular weight is 342 g/mol. The second kappa shape index (κ2) is 6.49. The number of fused-ring (bicyclic) bond motifs is 1. The third kappa shape index (κ3) is 3.34. The number of hydrogen-bond acceptors (Lipinski definition) is 3. The van der Waals surface area contributed by atoms with Gasteiger partial charge in [0.2, 0.25) is 5.91 Å². The second-order valence-electron chi connectivity index (χ2n) is 5.66. The van der Waals surface area contributed by atoms with Crippen LogP contribution < -0.4 is 10.7 Å². The summed E-state index contributed by atoms with van der Waals surface area (Å²) in [5.74, 6) is 0.190. The fourth-order valence-electron chi connectivity index (χ4n) is 2.34. The molecule has 24 heavy (non-hydrogen) atoms. The molecule has 1 heterocycles. The van der Waals surface area contributed by atoms with E-state index in [0.717, 1.165) is 11.1 Å². The summed E-state index contributed by atoms with van der Waals surface area (Å²) in [6, 6.07) is 14.2. The molecule has 0 aliphatic rings. The highest BCUT2D eigenvalue weighted by Gasteiger charge is 2.11. The molecule has 0 aliphatic heterocycles. The molecule has 0 bridgehead atoms. The molecule has 2 aromatic carbocycles. The third-order valence-corrected chi connectivity index (χ3v) is 3.89. The van der Waals surface area contributed by atoms with Crippen LogP contribution in [0.1, 0.15) is 12.5 Å². The van der Waals surface area contributed by atoms with Crippen LogP contribution in [0.5, 0.6) is 0 Å².